The van der Waals surface area contributed by atoms with Gasteiger partial charge >= 0.3 is 0 Å². The molecule has 1 aliphatic heterocycles. The van der Waals surface area contributed by atoms with E-state index in [2.05, 4.69) is 4.72 Å². The summed E-state index contributed by atoms with van der Waals surface area (Å²) in [7, 11) is 0. The first kappa shape index (κ1) is 9.73. The molecule has 0 bridgehead atoms. The number of halogens is 2. The number of rotatable bonds is 2. The second kappa shape index (κ2) is 4.14. The minimum absolute atomic E-state index is 0.264. The quantitative estimate of drug-likeness (QED) is 0.763. The molecule has 0 atom stereocenters. The van der Waals surface area contributed by atoms with Crippen molar-refractivity contribution in [1.82, 2.24) is 4.72 Å². The van der Waals surface area contributed by atoms with E-state index in [1.807, 2.05) is 4.90 Å². The molecule has 1 aromatic carbocycles. The Kier molecular flexibility index (Phi) is 2.88. The normalized spacial score (nSPS) is 15.4. The molecule has 14 heavy (non-hydrogen) atoms. The van der Waals surface area contributed by atoms with Crippen LogP contribution in [-0.2, 0) is 0 Å². The number of hydrogen-bond donors (Lipinski definition) is 1. The average Bonchev–Trinajstić information content (AvgIpc) is 2.18. The summed E-state index contributed by atoms with van der Waals surface area (Å²) >= 11 is 1.38. The maximum Gasteiger partial charge on any atom is 0.124 e. The Morgan fingerprint density at radius 2 is 2.36 bits per heavy atom. The van der Waals surface area contributed by atoms with Crippen LogP contribution in [0.1, 0.15) is 0 Å². The highest BCUT2D eigenvalue weighted by Gasteiger charge is 2.16. The molecule has 0 fully saturated rings. The van der Waals surface area contributed by atoms with Crippen LogP contribution in [0, 0.1) is 5.82 Å². The Bertz CT molecular complexity index is 333. The standard InChI is InChI=1S/C9H10F2N2S/c10-3-4-13-6-12-14-9-5-7(11)1-2-8(9)13/h1-2,5,12H,3-4,6H2. The molecule has 1 aliphatic rings. The zero-order valence-corrected chi connectivity index (χ0v) is 8.28. The van der Waals surface area contributed by atoms with Crippen molar-refractivity contribution >= 4 is 17.6 Å². The number of nitrogens with zero attached hydrogens (tertiary/aromatic N) is 1. The van der Waals surface area contributed by atoms with Gasteiger partial charge in [0.15, 0.2) is 0 Å². The molecule has 0 spiro atoms. The highest BCUT2D eigenvalue weighted by Crippen LogP contribution is 2.32. The lowest BCUT2D eigenvalue weighted by molar-refractivity contribution is 0.488. The van der Waals surface area contributed by atoms with Crippen molar-refractivity contribution in [3.63, 3.8) is 0 Å². The van der Waals surface area contributed by atoms with Gasteiger partial charge in [0.1, 0.15) is 12.5 Å². The van der Waals surface area contributed by atoms with Gasteiger partial charge in [0, 0.05) is 11.4 Å². The van der Waals surface area contributed by atoms with E-state index in [4.69, 9.17) is 0 Å². The maximum atomic E-state index is 12.9. The van der Waals surface area contributed by atoms with E-state index in [9.17, 15) is 8.78 Å². The SMILES string of the molecule is FCCN1CNSc2cc(F)ccc21. The van der Waals surface area contributed by atoms with Crippen LogP contribution in [0.25, 0.3) is 0 Å². The fraction of sp³-hybridized carbons (Fsp3) is 0.333. The lowest BCUT2D eigenvalue weighted by atomic mass is 10.3. The molecule has 0 saturated heterocycles. The molecule has 2 nitrogen and oxygen atoms in total. The molecule has 5 heteroatoms. The van der Waals surface area contributed by atoms with E-state index >= 15 is 0 Å². The predicted molar refractivity (Wildman–Crippen MR) is 53.6 cm³/mol. The Hall–Kier alpha value is -0.810. The van der Waals surface area contributed by atoms with Gasteiger partial charge in [0.25, 0.3) is 0 Å². The van der Waals surface area contributed by atoms with Crippen LogP contribution < -0.4 is 9.62 Å². The molecule has 0 aliphatic carbocycles. The van der Waals surface area contributed by atoms with Crippen LogP contribution in [0.3, 0.4) is 0 Å². The van der Waals surface area contributed by atoms with Gasteiger partial charge in [-0.2, -0.15) is 0 Å². The molecule has 76 valence electrons. The number of hydrogen-bond acceptors (Lipinski definition) is 3. The molecule has 0 saturated carbocycles. The van der Waals surface area contributed by atoms with Gasteiger partial charge < -0.3 is 4.90 Å². The molecule has 0 radical (unpaired) electrons. The van der Waals surface area contributed by atoms with Crippen molar-refractivity contribution in [2.45, 2.75) is 4.90 Å². The largest absolute Gasteiger partial charge is 0.354 e. The third kappa shape index (κ3) is 1.83. The lowest BCUT2D eigenvalue weighted by Crippen LogP contribution is -2.36. The van der Waals surface area contributed by atoms with Gasteiger partial charge in [0.05, 0.1) is 12.4 Å². The van der Waals surface area contributed by atoms with Crippen molar-refractivity contribution < 1.29 is 8.78 Å². The Balaban J connectivity index is 2.30. The summed E-state index contributed by atoms with van der Waals surface area (Å²) in [5.41, 5.74) is 0.896. The summed E-state index contributed by atoms with van der Waals surface area (Å²) in [6.07, 6.45) is 0. The molecule has 2 rings (SSSR count). The second-order valence-electron chi connectivity index (χ2n) is 2.97. The number of anilines is 1. The van der Waals surface area contributed by atoms with Gasteiger partial charge in [-0.15, -0.1) is 0 Å². The fourth-order valence-corrected chi connectivity index (χ4v) is 2.25. The summed E-state index contributed by atoms with van der Waals surface area (Å²) < 4.78 is 28.1. The highest BCUT2D eigenvalue weighted by molar-refractivity contribution is 7.97. The monoisotopic (exact) mass is 216 g/mol. The minimum atomic E-state index is -0.400. The summed E-state index contributed by atoms with van der Waals surface area (Å²) in [6, 6.07) is 4.54. The smallest absolute Gasteiger partial charge is 0.124 e. The average molecular weight is 216 g/mol. The maximum absolute atomic E-state index is 12.9. The first-order valence-electron chi connectivity index (χ1n) is 4.31. The Labute approximate surface area is 85.4 Å². The zero-order valence-electron chi connectivity index (χ0n) is 7.46. The van der Waals surface area contributed by atoms with Crippen LogP contribution in [0.5, 0.6) is 0 Å². The van der Waals surface area contributed by atoms with Crippen LogP contribution >= 0.6 is 11.9 Å². The van der Waals surface area contributed by atoms with Crippen LogP contribution in [0.4, 0.5) is 14.5 Å². The van der Waals surface area contributed by atoms with Gasteiger partial charge in [-0.3, -0.25) is 0 Å². The summed E-state index contributed by atoms with van der Waals surface area (Å²) in [5, 5.41) is 0. The van der Waals surface area contributed by atoms with Crippen molar-refractivity contribution in [3.8, 4) is 0 Å². The number of nitrogens with one attached hydrogen (secondary N) is 1. The molecule has 1 heterocycles. The van der Waals surface area contributed by atoms with Gasteiger partial charge in [0.2, 0.25) is 0 Å². The third-order valence-electron chi connectivity index (χ3n) is 2.05. The van der Waals surface area contributed by atoms with Gasteiger partial charge in [-0.05, 0) is 30.1 Å². The van der Waals surface area contributed by atoms with E-state index < -0.39 is 6.67 Å². The van der Waals surface area contributed by atoms with Crippen LogP contribution in [0.2, 0.25) is 0 Å². The van der Waals surface area contributed by atoms with E-state index in [1.54, 1.807) is 6.07 Å². The lowest BCUT2D eigenvalue weighted by Gasteiger charge is -2.30. The third-order valence-corrected chi connectivity index (χ3v) is 2.87. The molecule has 1 aromatic rings. The van der Waals surface area contributed by atoms with Crippen molar-refractivity contribution in [3.05, 3.63) is 24.0 Å². The van der Waals surface area contributed by atoms with E-state index in [1.165, 1.54) is 24.1 Å². The van der Waals surface area contributed by atoms with E-state index in [0.29, 0.717) is 13.2 Å². The van der Waals surface area contributed by atoms with Crippen molar-refractivity contribution in [2.75, 3.05) is 24.8 Å². The minimum Gasteiger partial charge on any atom is -0.354 e. The number of fused-ring (bicyclic) bond motifs is 1. The molecular formula is C9H10F2N2S. The van der Waals surface area contributed by atoms with Crippen molar-refractivity contribution in [2.24, 2.45) is 0 Å². The molecule has 0 amide bonds. The zero-order chi connectivity index (χ0) is 9.97. The molecule has 0 aromatic heterocycles. The fourth-order valence-electron chi connectivity index (χ4n) is 1.41. The number of benzene rings is 1. The second-order valence-corrected chi connectivity index (χ2v) is 3.90. The van der Waals surface area contributed by atoms with E-state index in [0.717, 1.165) is 10.6 Å². The first-order valence-corrected chi connectivity index (χ1v) is 5.13. The molecule has 1 N–H and O–H groups in total. The number of alkyl halides is 1. The van der Waals surface area contributed by atoms with Crippen LogP contribution in [-0.4, -0.2) is 19.9 Å². The Morgan fingerprint density at radius 1 is 1.50 bits per heavy atom. The topological polar surface area (TPSA) is 15.3 Å². The van der Waals surface area contributed by atoms with E-state index in [-0.39, 0.29) is 5.82 Å². The van der Waals surface area contributed by atoms with Gasteiger partial charge in [-0.25, -0.2) is 13.5 Å². The first-order chi connectivity index (χ1) is 6.81. The highest BCUT2D eigenvalue weighted by atomic mass is 32.2. The van der Waals surface area contributed by atoms with Crippen molar-refractivity contribution in [1.29, 1.82) is 0 Å². The molecular weight excluding hydrogens is 206 g/mol. The van der Waals surface area contributed by atoms with Gasteiger partial charge in [-0.1, -0.05) is 0 Å². The molecule has 0 unspecified atom stereocenters. The Morgan fingerprint density at radius 3 is 3.14 bits per heavy atom. The summed E-state index contributed by atoms with van der Waals surface area (Å²) in [5.74, 6) is -0.264. The summed E-state index contributed by atoms with van der Waals surface area (Å²) in [6.45, 7) is 0.530. The predicted octanol–water partition coefficient (Wildman–Crippen LogP) is 2.17. The van der Waals surface area contributed by atoms with Crippen LogP contribution in [0.15, 0.2) is 23.1 Å². The summed E-state index contributed by atoms with van der Waals surface area (Å²) in [4.78, 5) is 2.66.